The molecule has 23 heavy (non-hydrogen) atoms. The van der Waals surface area contributed by atoms with Crippen LogP contribution in [0.4, 0.5) is 4.39 Å². The van der Waals surface area contributed by atoms with Crippen LogP contribution in [0.15, 0.2) is 47.1 Å². The van der Waals surface area contributed by atoms with Crippen molar-refractivity contribution < 1.29 is 13.6 Å². The fraction of sp³-hybridized carbons (Fsp3) is 0.222. The molecule has 0 saturated carbocycles. The third-order valence-corrected chi connectivity index (χ3v) is 4.32. The topological polar surface area (TPSA) is 48.0 Å². The first-order chi connectivity index (χ1) is 11.1. The summed E-state index contributed by atoms with van der Waals surface area (Å²) in [5.74, 6) is 0.614. The van der Waals surface area contributed by atoms with Gasteiger partial charge in [-0.05, 0) is 43.3 Å². The number of fused-ring (bicyclic) bond motifs is 1. The third-order valence-electron chi connectivity index (χ3n) is 4.32. The van der Waals surface area contributed by atoms with Gasteiger partial charge in [0.2, 0.25) is 0 Å². The number of hydrogen-bond donors (Lipinski definition) is 0. The molecule has 0 saturated heterocycles. The Kier molecular flexibility index (Phi) is 3.15. The summed E-state index contributed by atoms with van der Waals surface area (Å²) >= 11 is 0. The molecule has 5 heteroatoms. The maximum absolute atomic E-state index is 13.2. The van der Waals surface area contributed by atoms with Gasteiger partial charge >= 0.3 is 0 Å². The lowest BCUT2D eigenvalue weighted by Gasteiger charge is -2.21. The van der Waals surface area contributed by atoms with Crippen molar-refractivity contribution in [2.45, 2.75) is 25.7 Å². The number of carbonyl (C=O) groups excluding carboxylic acids is 1. The van der Waals surface area contributed by atoms with Gasteiger partial charge < -0.3 is 4.42 Å². The van der Waals surface area contributed by atoms with Crippen molar-refractivity contribution >= 4 is 5.78 Å². The average Bonchev–Trinajstić information content (AvgIpc) is 3.16. The highest BCUT2D eigenvalue weighted by atomic mass is 19.1. The highest BCUT2D eigenvalue weighted by Gasteiger charge is 2.33. The van der Waals surface area contributed by atoms with Crippen LogP contribution in [0.5, 0.6) is 0 Å². The largest absolute Gasteiger partial charge is 0.469 e. The van der Waals surface area contributed by atoms with Crippen LogP contribution in [-0.2, 0) is 6.42 Å². The molecule has 1 unspecified atom stereocenters. The first kappa shape index (κ1) is 13.9. The minimum atomic E-state index is -0.295. The Hall–Kier alpha value is -2.69. The first-order valence-corrected chi connectivity index (χ1v) is 7.54. The normalized spacial score (nSPS) is 17.3. The van der Waals surface area contributed by atoms with E-state index >= 15 is 0 Å². The van der Waals surface area contributed by atoms with Crippen molar-refractivity contribution in [2.24, 2.45) is 0 Å². The zero-order valence-electron chi connectivity index (χ0n) is 12.6. The molecule has 0 N–H and O–H groups in total. The molecule has 0 spiro atoms. The lowest BCUT2D eigenvalue weighted by atomic mass is 9.84. The Balaban J connectivity index is 1.81. The Labute approximate surface area is 132 Å². The Morgan fingerprint density at radius 1 is 1.22 bits per heavy atom. The van der Waals surface area contributed by atoms with Gasteiger partial charge in [0.1, 0.15) is 11.6 Å². The summed E-state index contributed by atoms with van der Waals surface area (Å²) in [7, 11) is 0. The highest BCUT2D eigenvalue weighted by Crippen LogP contribution is 2.35. The molecule has 1 aliphatic carbocycles. The first-order valence-electron chi connectivity index (χ1n) is 7.54. The van der Waals surface area contributed by atoms with Crippen LogP contribution in [0.1, 0.15) is 39.8 Å². The van der Waals surface area contributed by atoms with Crippen molar-refractivity contribution in [1.82, 2.24) is 9.78 Å². The molecule has 1 aromatic carbocycles. The Morgan fingerprint density at radius 3 is 2.70 bits per heavy atom. The van der Waals surface area contributed by atoms with E-state index < -0.39 is 0 Å². The number of nitrogens with zero attached hydrogens (tertiary/aromatic N) is 2. The van der Waals surface area contributed by atoms with Crippen LogP contribution in [0.2, 0.25) is 0 Å². The second-order valence-electron chi connectivity index (χ2n) is 5.84. The van der Waals surface area contributed by atoms with Crippen molar-refractivity contribution in [1.29, 1.82) is 0 Å². The van der Waals surface area contributed by atoms with Gasteiger partial charge in [-0.25, -0.2) is 9.07 Å². The number of rotatable bonds is 2. The Bertz CT molecular complexity index is 863. The minimum Gasteiger partial charge on any atom is -0.469 e. The van der Waals surface area contributed by atoms with Crippen LogP contribution in [0.3, 0.4) is 0 Å². The molecule has 4 rings (SSSR count). The van der Waals surface area contributed by atoms with E-state index in [2.05, 4.69) is 5.10 Å². The van der Waals surface area contributed by atoms with Gasteiger partial charge in [0.25, 0.3) is 0 Å². The molecule has 116 valence electrons. The van der Waals surface area contributed by atoms with Crippen molar-refractivity contribution in [3.05, 3.63) is 71.2 Å². The predicted molar refractivity (Wildman–Crippen MR) is 82.4 cm³/mol. The SMILES string of the molecule is Cc1nn(-c2ccc(F)cc2)c2c1C(=O)CC(c1ccco1)C2. The van der Waals surface area contributed by atoms with Crippen LogP contribution in [-0.4, -0.2) is 15.6 Å². The van der Waals surface area contributed by atoms with Gasteiger partial charge in [0.05, 0.1) is 28.9 Å². The molecular weight excluding hydrogens is 295 g/mol. The number of hydrogen-bond acceptors (Lipinski definition) is 3. The molecular formula is C18H15FN2O2. The van der Waals surface area contributed by atoms with E-state index in [1.165, 1.54) is 12.1 Å². The van der Waals surface area contributed by atoms with Crippen LogP contribution in [0, 0.1) is 12.7 Å². The average molecular weight is 310 g/mol. The lowest BCUT2D eigenvalue weighted by molar-refractivity contribution is 0.0959. The van der Waals surface area contributed by atoms with E-state index in [0.29, 0.717) is 24.1 Å². The van der Waals surface area contributed by atoms with E-state index in [1.807, 2.05) is 19.1 Å². The monoisotopic (exact) mass is 310 g/mol. The second kappa shape index (κ2) is 5.19. The molecule has 1 aliphatic rings. The molecule has 0 bridgehead atoms. The molecule has 0 amide bonds. The number of aromatic nitrogens is 2. The van der Waals surface area contributed by atoms with E-state index in [-0.39, 0.29) is 17.5 Å². The van der Waals surface area contributed by atoms with E-state index in [4.69, 9.17) is 4.42 Å². The van der Waals surface area contributed by atoms with Crippen molar-refractivity contribution in [3.63, 3.8) is 0 Å². The van der Waals surface area contributed by atoms with Gasteiger partial charge in [-0.1, -0.05) is 0 Å². The second-order valence-corrected chi connectivity index (χ2v) is 5.84. The number of Topliss-reactive ketones (excluding diaryl/α,β-unsaturated/α-hetero) is 1. The lowest BCUT2D eigenvalue weighted by Crippen LogP contribution is -2.20. The number of aryl methyl sites for hydroxylation is 1. The number of carbonyl (C=O) groups is 1. The number of halogens is 1. The maximum Gasteiger partial charge on any atom is 0.167 e. The standard InChI is InChI=1S/C18H15FN2O2/c1-11-18-15(21(20-11)14-6-4-13(19)5-7-14)9-12(10-16(18)22)17-3-2-8-23-17/h2-8,12H,9-10H2,1H3. The summed E-state index contributed by atoms with van der Waals surface area (Å²) in [5, 5.41) is 4.50. The highest BCUT2D eigenvalue weighted by molar-refractivity contribution is 6.00. The van der Waals surface area contributed by atoms with Crippen LogP contribution >= 0.6 is 0 Å². The molecule has 2 heterocycles. The van der Waals surface area contributed by atoms with Gasteiger partial charge in [-0.2, -0.15) is 5.10 Å². The quantitative estimate of drug-likeness (QED) is 0.723. The van der Waals surface area contributed by atoms with Gasteiger partial charge in [-0.3, -0.25) is 4.79 Å². The van der Waals surface area contributed by atoms with Crippen molar-refractivity contribution in [3.8, 4) is 5.69 Å². The summed E-state index contributed by atoms with van der Waals surface area (Å²) in [4.78, 5) is 12.6. The molecule has 0 aliphatic heterocycles. The van der Waals surface area contributed by atoms with E-state index in [0.717, 1.165) is 17.1 Å². The van der Waals surface area contributed by atoms with Crippen molar-refractivity contribution in [2.75, 3.05) is 0 Å². The zero-order chi connectivity index (χ0) is 16.0. The zero-order valence-corrected chi connectivity index (χ0v) is 12.6. The van der Waals surface area contributed by atoms with E-state index in [1.54, 1.807) is 23.1 Å². The Morgan fingerprint density at radius 2 is 2.00 bits per heavy atom. The molecule has 0 radical (unpaired) electrons. The fourth-order valence-corrected chi connectivity index (χ4v) is 3.28. The predicted octanol–water partition coefficient (Wildman–Crippen LogP) is 3.83. The molecule has 1 atom stereocenters. The molecule has 0 fully saturated rings. The summed E-state index contributed by atoms with van der Waals surface area (Å²) in [6.07, 6.45) is 2.72. The summed E-state index contributed by atoms with van der Waals surface area (Å²) in [5.41, 5.74) is 3.03. The smallest absolute Gasteiger partial charge is 0.167 e. The van der Waals surface area contributed by atoms with Gasteiger partial charge in [-0.15, -0.1) is 0 Å². The molecule has 4 nitrogen and oxygen atoms in total. The summed E-state index contributed by atoms with van der Waals surface area (Å²) in [6.45, 7) is 1.84. The number of ketones is 1. The van der Waals surface area contributed by atoms with Crippen LogP contribution < -0.4 is 0 Å². The summed E-state index contributed by atoms with van der Waals surface area (Å²) < 4.78 is 20.4. The number of benzene rings is 1. The molecule has 3 aromatic rings. The minimum absolute atomic E-state index is 0.0142. The van der Waals surface area contributed by atoms with Crippen LogP contribution in [0.25, 0.3) is 5.69 Å². The maximum atomic E-state index is 13.2. The fourth-order valence-electron chi connectivity index (χ4n) is 3.28. The van der Waals surface area contributed by atoms with E-state index in [9.17, 15) is 9.18 Å². The number of furan rings is 1. The van der Waals surface area contributed by atoms with Gasteiger partial charge in [0.15, 0.2) is 5.78 Å². The molecule has 2 aromatic heterocycles. The van der Waals surface area contributed by atoms with Gasteiger partial charge in [0, 0.05) is 18.8 Å². The summed E-state index contributed by atoms with van der Waals surface area (Å²) in [6, 6.07) is 9.86. The third kappa shape index (κ3) is 2.29.